The van der Waals surface area contributed by atoms with Crippen LogP contribution in [0, 0.1) is 11.3 Å². The molecular weight excluding hydrogens is 316 g/mol. The third-order valence-electron chi connectivity index (χ3n) is 2.39. The predicted octanol–water partition coefficient (Wildman–Crippen LogP) is 2.87. The molecule has 0 spiro atoms. The van der Waals surface area contributed by atoms with Gasteiger partial charge in [0.2, 0.25) is 10.0 Å². The number of nitriles is 1. The summed E-state index contributed by atoms with van der Waals surface area (Å²) in [7, 11) is -3.62. The lowest BCUT2D eigenvalue weighted by molar-refractivity contribution is 0.604. The van der Waals surface area contributed by atoms with Crippen molar-refractivity contribution in [2.45, 2.75) is 0 Å². The molecule has 2 aromatic rings. The maximum Gasteiger partial charge on any atom is 0.246 e. The first-order valence-corrected chi connectivity index (χ1v) is 7.53. The Hall–Kier alpha value is -1.58. The van der Waals surface area contributed by atoms with Gasteiger partial charge in [-0.05, 0) is 17.5 Å². The lowest BCUT2D eigenvalue weighted by Crippen LogP contribution is -2.15. The normalized spacial score (nSPS) is 11.1. The van der Waals surface area contributed by atoms with Crippen molar-refractivity contribution < 1.29 is 8.42 Å². The maximum absolute atomic E-state index is 11.6. The van der Waals surface area contributed by atoms with Crippen LogP contribution in [0.4, 0.5) is 5.69 Å². The molecule has 1 N–H and O–H groups in total. The quantitative estimate of drug-likeness (QED) is 0.943. The van der Waals surface area contributed by atoms with Crippen LogP contribution in [0.3, 0.4) is 0 Å². The van der Waals surface area contributed by atoms with Crippen molar-refractivity contribution in [3.05, 3.63) is 40.9 Å². The molecule has 0 atom stereocenters. The molecule has 0 aliphatic carbocycles. The van der Waals surface area contributed by atoms with Crippen LogP contribution in [-0.2, 0) is 10.0 Å². The molecule has 0 heterocycles. The molecule has 0 amide bonds. The van der Waals surface area contributed by atoms with Gasteiger partial charge in [0.1, 0.15) is 0 Å². The second-order valence-corrected chi connectivity index (χ2v) is 6.24. The van der Waals surface area contributed by atoms with Gasteiger partial charge in [-0.3, -0.25) is 4.72 Å². The van der Waals surface area contributed by atoms with Crippen molar-refractivity contribution in [3.8, 4) is 6.07 Å². The Labute approximate surface area is 113 Å². The zero-order chi connectivity index (χ0) is 13.2. The zero-order valence-corrected chi connectivity index (χ0v) is 11.6. The Bertz CT molecular complexity index is 735. The number of benzene rings is 2. The molecule has 2 rings (SSSR count). The second-order valence-electron chi connectivity index (χ2n) is 3.66. The topological polar surface area (TPSA) is 70.0 Å². The number of anilines is 1. The van der Waals surface area contributed by atoms with E-state index in [0.29, 0.717) is 5.69 Å². The van der Waals surface area contributed by atoms with Crippen LogP contribution < -0.4 is 4.72 Å². The van der Waals surface area contributed by atoms with Gasteiger partial charge >= 0.3 is 0 Å². The van der Waals surface area contributed by atoms with Crippen molar-refractivity contribution in [3.63, 3.8) is 0 Å². The van der Waals surface area contributed by atoms with Crippen molar-refractivity contribution in [1.82, 2.24) is 0 Å². The summed E-state index contributed by atoms with van der Waals surface area (Å²) in [6.07, 6.45) is 0. The number of sulfonamides is 1. The third kappa shape index (κ3) is 2.63. The van der Waals surface area contributed by atoms with Gasteiger partial charge in [0.25, 0.3) is 0 Å². The van der Waals surface area contributed by atoms with E-state index in [1.54, 1.807) is 18.2 Å². The van der Waals surface area contributed by atoms with Crippen LogP contribution >= 0.6 is 15.9 Å². The summed E-state index contributed by atoms with van der Waals surface area (Å²) in [5, 5.41) is 10.2. The highest BCUT2D eigenvalue weighted by atomic mass is 79.9. The number of fused-ring (bicyclic) bond motifs is 1. The summed E-state index contributed by atoms with van der Waals surface area (Å²) in [4.78, 5) is 0. The standard InChI is InChI=1S/C12H9BrN2O2S/c13-11-5-6-12(15-18(16,17)8-7-14)10-4-2-1-3-9(10)11/h1-6,15H,8H2. The number of rotatable bonds is 3. The van der Waals surface area contributed by atoms with Gasteiger partial charge in [0.15, 0.2) is 5.75 Å². The first kappa shape index (κ1) is 12.9. The number of hydrogen-bond donors (Lipinski definition) is 1. The summed E-state index contributed by atoms with van der Waals surface area (Å²) in [6, 6.07) is 12.5. The molecule has 4 nitrogen and oxygen atoms in total. The maximum atomic E-state index is 11.6. The predicted molar refractivity (Wildman–Crippen MR) is 74.7 cm³/mol. The fourth-order valence-corrected chi connectivity index (χ4v) is 2.87. The average Bonchev–Trinajstić information content (AvgIpc) is 2.33. The van der Waals surface area contributed by atoms with Crippen molar-refractivity contribution >= 4 is 42.4 Å². The highest BCUT2D eigenvalue weighted by Crippen LogP contribution is 2.30. The van der Waals surface area contributed by atoms with E-state index in [4.69, 9.17) is 5.26 Å². The molecule has 6 heteroatoms. The molecule has 0 saturated heterocycles. The van der Waals surface area contributed by atoms with Crippen LogP contribution in [0.25, 0.3) is 10.8 Å². The summed E-state index contributed by atoms with van der Waals surface area (Å²) < 4.78 is 26.5. The van der Waals surface area contributed by atoms with Crippen LogP contribution in [-0.4, -0.2) is 14.2 Å². The fourth-order valence-electron chi connectivity index (χ4n) is 1.64. The van der Waals surface area contributed by atoms with Gasteiger partial charge in [-0.15, -0.1) is 0 Å². The van der Waals surface area contributed by atoms with Crippen molar-refractivity contribution in [1.29, 1.82) is 5.26 Å². The molecule has 92 valence electrons. The van der Waals surface area contributed by atoms with E-state index in [0.717, 1.165) is 15.2 Å². The van der Waals surface area contributed by atoms with E-state index in [-0.39, 0.29) is 0 Å². The average molecular weight is 325 g/mol. The van der Waals surface area contributed by atoms with Crippen LogP contribution in [0.5, 0.6) is 0 Å². The largest absolute Gasteiger partial charge is 0.282 e. The van der Waals surface area contributed by atoms with Crippen molar-refractivity contribution in [2.24, 2.45) is 0 Å². The molecule has 0 unspecified atom stereocenters. The van der Waals surface area contributed by atoms with Crippen molar-refractivity contribution in [2.75, 3.05) is 10.5 Å². The number of nitrogens with zero attached hydrogens (tertiary/aromatic N) is 1. The van der Waals surface area contributed by atoms with Gasteiger partial charge in [0.05, 0.1) is 11.8 Å². The molecule has 0 aromatic heterocycles. The first-order valence-electron chi connectivity index (χ1n) is 5.08. The van der Waals surface area contributed by atoms with Gasteiger partial charge < -0.3 is 0 Å². The van der Waals surface area contributed by atoms with Crippen LogP contribution in [0.15, 0.2) is 40.9 Å². The van der Waals surface area contributed by atoms with E-state index in [1.165, 1.54) is 0 Å². The summed E-state index contributed by atoms with van der Waals surface area (Å²) in [6.45, 7) is 0. The SMILES string of the molecule is N#CCS(=O)(=O)Nc1ccc(Br)c2ccccc12. The molecule has 0 radical (unpaired) electrons. The molecular formula is C12H9BrN2O2S. The Morgan fingerprint density at radius 2 is 1.83 bits per heavy atom. The molecule has 0 saturated carbocycles. The minimum atomic E-state index is -3.62. The third-order valence-corrected chi connectivity index (χ3v) is 4.12. The highest BCUT2D eigenvalue weighted by Gasteiger charge is 2.12. The Kier molecular flexibility index (Phi) is 3.55. The van der Waals surface area contributed by atoms with E-state index in [9.17, 15) is 8.42 Å². The monoisotopic (exact) mass is 324 g/mol. The van der Waals surface area contributed by atoms with E-state index in [1.807, 2.05) is 24.3 Å². The molecule has 2 aromatic carbocycles. The number of halogens is 1. The molecule has 0 aliphatic heterocycles. The summed E-state index contributed by atoms with van der Waals surface area (Å²) in [5.41, 5.74) is 0.476. The number of hydrogen-bond acceptors (Lipinski definition) is 3. The van der Waals surface area contributed by atoms with E-state index in [2.05, 4.69) is 20.7 Å². The van der Waals surface area contributed by atoms with Gasteiger partial charge in [0, 0.05) is 9.86 Å². The van der Waals surface area contributed by atoms with Crippen LogP contribution in [0.1, 0.15) is 0 Å². The Morgan fingerprint density at radius 1 is 1.17 bits per heavy atom. The van der Waals surface area contributed by atoms with Gasteiger partial charge in [-0.1, -0.05) is 40.2 Å². The summed E-state index contributed by atoms with van der Waals surface area (Å²) >= 11 is 3.41. The Morgan fingerprint density at radius 3 is 2.50 bits per heavy atom. The second kappa shape index (κ2) is 4.96. The minimum absolute atomic E-state index is 0.476. The molecule has 0 fully saturated rings. The smallest absolute Gasteiger partial charge is 0.246 e. The number of nitrogens with one attached hydrogen (secondary N) is 1. The first-order chi connectivity index (χ1) is 8.53. The van der Waals surface area contributed by atoms with E-state index >= 15 is 0 Å². The van der Waals surface area contributed by atoms with Gasteiger partial charge in [-0.2, -0.15) is 5.26 Å². The van der Waals surface area contributed by atoms with Gasteiger partial charge in [-0.25, -0.2) is 8.42 Å². The lowest BCUT2D eigenvalue weighted by Gasteiger charge is -2.09. The molecule has 0 aliphatic rings. The minimum Gasteiger partial charge on any atom is -0.282 e. The fraction of sp³-hybridized carbons (Fsp3) is 0.0833. The summed E-state index contributed by atoms with van der Waals surface area (Å²) in [5.74, 6) is -0.558. The van der Waals surface area contributed by atoms with E-state index < -0.39 is 15.8 Å². The zero-order valence-electron chi connectivity index (χ0n) is 9.22. The molecule has 18 heavy (non-hydrogen) atoms. The molecule has 0 bridgehead atoms. The highest BCUT2D eigenvalue weighted by molar-refractivity contribution is 9.10. The van der Waals surface area contributed by atoms with Crippen LogP contribution in [0.2, 0.25) is 0 Å². The Balaban J connectivity index is 2.54. The lowest BCUT2D eigenvalue weighted by atomic mass is 10.1.